The lowest BCUT2D eigenvalue weighted by molar-refractivity contribution is 0.102. The predicted octanol–water partition coefficient (Wildman–Crippen LogP) is 4.12. The molecule has 2 aromatic carbocycles. The van der Waals surface area contributed by atoms with Crippen LogP contribution < -0.4 is 10.1 Å². The van der Waals surface area contributed by atoms with Crippen molar-refractivity contribution in [3.8, 4) is 5.75 Å². The highest BCUT2D eigenvalue weighted by molar-refractivity contribution is 7.89. The molecule has 1 amide bonds. The molecule has 0 spiro atoms. The van der Waals surface area contributed by atoms with E-state index in [1.807, 2.05) is 6.92 Å². The fourth-order valence-electron chi connectivity index (χ4n) is 4.74. The minimum Gasteiger partial charge on any atom is -0.494 e. The summed E-state index contributed by atoms with van der Waals surface area (Å²) in [7, 11) is -4.05. The van der Waals surface area contributed by atoms with Crippen LogP contribution in [0.25, 0.3) is 0 Å². The monoisotopic (exact) mass is 489 g/mol. The molecule has 0 atom stereocenters. The van der Waals surface area contributed by atoms with Crippen LogP contribution in [0.4, 0.5) is 10.1 Å². The van der Waals surface area contributed by atoms with E-state index in [2.05, 4.69) is 10.2 Å². The van der Waals surface area contributed by atoms with Gasteiger partial charge in [-0.15, -0.1) is 0 Å². The molecule has 0 unspecified atom stereocenters. The maximum atomic E-state index is 14.6. The first-order valence-electron chi connectivity index (χ1n) is 12.0. The van der Waals surface area contributed by atoms with Crippen molar-refractivity contribution in [1.29, 1.82) is 0 Å². The Balaban J connectivity index is 1.44. The zero-order valence-electron chi connectivity index (χ0n) is 19.5. The van der Waals surface area contributed by atoms with E-state index >= 15 is 0 Å². The van der Waals surface area contributed by atoms with Crippen LogP contribution in [-0.4, -0.2) is 62.4 Å². The number of amides is 1. The van der Waals surface area contributed by atoms with Crippen molar-refractivity contribution in [3.63, 3.8) is 0 Å². The largest absolute Gasteiger partial charge is 0.494 e. The number of nitrogens with zero attached hydrogens (tertiary/aromatic N) is 2. The van der Waals surface area contributed by atoms with Gasteiger partial charge in [-0.1, -0.05) is 19.3 Å². The summed E-state index contributed by atoms with van der Waals surface area (Å²) in [4.78, 5) is 14.6. The lowest BCUT2D eigenvalue weighted by Gasteiger charge is -2.40. The molecule has 0 bridgehead atoms. The summed E-state index contributed by atoms with van der Waals surface area (Å²) in [5.41, 5.74) is 0.607. The molecule has 4 rings (SSSR count). The number of carbonyl (C=O) groups is 1. The van der Waals surface area contributed by atoms with Gasteiger partial charge in [-0.3, -0.25) is 9.69 Å². The minimum atomic E-state index is -4.05. The van der Waals surface area contributed by atoms with Crippen LogP contribution in [0.5, 0.6) is 5.75 Å². The number of sulfonamides is 1. The van der Waals surface area contributed by atoms with E-state index in [1.54, 1.807) is 24.3 Å². The molecule has 9 heteroatoms. The van der Waals surface area contributed by atoms with Gasteiger partial charge in [-0.05, 0) is 62.2 Å². The highest BCUT2D eigenvalue weighted by atomic mass is 32.2. The van der Waals surface area contributed by atoms with E-state index in [9.17, 15) is 17.6 Å². The van der Waals surface area contributed by atoms with Gasteiger partial charge in [-0.25, -0.2) is 12.8 Å². The molecule has 0 aromatic heterocycles. The van der Waals surface area contributed by atoms with Gasteiger partial charge >= 0.3 is 0 Å². The van der Waals surface area contributed by atoms with Gasteiger partial charge in [0.2, 0.25) is 10.0 Å². The Morgan fingerprint density at radius 2 is 1.71 bits per heavy atom. The van der Waals surface area contributed by atoms with Crippen LogP contribution in [0.15, 0.2) is 47.4 Å². The van der Waals surface area contributed by atoms with E-state index in [0.29, 0.717) is 50.3 Å². The molecule has 1 N–H and O–H groups in total. The van der Waals surface area contributed by atoms with Gasteiger partial charge in [0.1, 0.15) is 16.5 Å². The lowest BCUT2D eigenvalue weighted by atomic mass is 9.94. The maximum absolute atomic E-state index is 14.6. The van der Waals surface area contributed by atoms with Crippen molar-refractivity contribution in [3.05, 3.63) is 53.8 Å². The zero-order chi connectivity index (χ0) is 24.1. The number of hydrogen-bond acceptors (Lipinski definition) is 5. The minimum absolute atomic E-state index is 0.0784. The van der Waals surface area contributed by atoms with E-state index in [0.717, 1.165) is 25.0 Å². The average Bonchev–Trinajstić information content (AvgIpc) is 2.86. The van der Waals surface area contributed by atoms with Crippen LogP contribution in [-0.2, 0) is 10.0 Å². The molecule has 1 saturated carbocycles. The average molecular weight is 490 g/mol. The van der Waals surface area contributed by atoms with E-state index < -0.39 is 26.6 Å². The Hall–Kier alpha value is -2.49. The van der Waals surface area contributed by atoms with Crippen LogP contribution in [0.3, 0.4) is 0 Å². The third-order valence-corrected chi connectivity index (χ3v) is 8.51. The molecular formula is C25H32FN3O4S. The van der Waals surface area contributed by atoms with E-state index in [-0.39, 0.29) is 5.56 Å². The SMILES string of the molecule is CCOc1ccc(NC(=O)c2ccc(F)c(S(=O)(=O)N3CCN(C4CCCCC4)CC3)c2)cc1. The summed E-state index contributed by atoms with van der Waals surface area (Å²) in [6.45, 7) is 4.34. The third-order valence-electron chi connectivity index (χ3n) is 6.60. The Morgan fingerprint density at radius 3 is 2.35 bits per heavy atom. The molecule has 7 nitrogen and oxygen atoms in total. The Morgan fingerprint density at radius 1 is 1.03 bits per heavy atom. The highest BCUT2D eigenvalue weighted by Gasteiger charge is 2.33. The number of benzene rings is 2. The van der Waals surface area contributed by atoms with Gasteiger partial charge in [0.15, 0.2) is 0 Å². The number of ether oxygens (including phenoxy) is 1. The normalized spacial score (nSPS) is 18.5. The van der Waals surface area contributed by atoms with Crippen LogP contribution in [0.1, 0.15) is 49.4 Å². The smallest absolute Gasteiger partial charge is 0.255 e. The zero-order valence-corrected chi connectivity index (χ0v) is 20.3. The summed E-state index contributed by atoms with van der Waals surface area (Å²) < 4.78 is 47.8. The van der Waals surface area contributed by atoms with Crippen LogP contribution in [0, 0.1) is 5.82 Å². The topological polar surface area (TPSA) is 78.9 Å². The predicted molar refractivity (Wildman–Crippen MR) is 129 cm³/mol. The van der Waals surface area contributed by atoms with Gasteiger partial charge in [0.25, 0.3) is 5.91 Å². The lowest BCUT2D eigenvalue weighted by Crippen LogP contribution is -2.52. The first-order valence-corrected chi connectivity index (χ1v) is 13.4. The van der Waals surface area contributed by atoms with Gasteiger partial charge in [-0.2, -0.15) is 4.31 Å². The summed E-state index contributed by atoms with van der Waals surface area (Å²) >= 11 is 0. The highest BCUT2D eigenvalue weighted by Crippen LogP contribution is 2.27. The molecule has 34 heavy (non-hydrogen) atoms. The molecule has 2 aromatic rings. The first-order chi connectivity index (χ1) is 16.4. The second-order valence-electron chi connectivity index (χ2n) is 8.79. The van der Waals surface area contributed by atoms with Crippen molar-refractivity contribution < 1.29 is 22.3 Å². The standard InChI is InChI=1S/C25H32FN3O4S/c1-2-33-22-11-9-20(10-12-22)27-25(30)19-8-13-23(26)24(18-19)34(31,32)29-16-14-28(15-17-29)21-6-4-3-5-7-21/h8-13,18,21H,2-7,14-17H2,1H3,(H,27,30). The first kappa shape index (κ1) is 24.6. The quantitative estimate of drug-likeness (QED) is 0.633. The molecule has 2 fully saturated rings. The van der Waals surface area contributed by atoms with Crippen molar-refractivity contribution in [2.24, 2.45) is 0 Å². The number of piperazine rings is 1. The second kappa shape index (κ2) is 10.8. The molecule has 1 heterocycles. The summed E-state index contributed by atoms with van der Waals surface area (Å²) in [6.07, 6.45) is 6.03. The third kappa shape index (κ3) is 5.59. The number of carbonyl (C=O) groups excluding carboxylic acids is 1. The van der Waals surface area contributed by atoms with Gasteiger partial charge in [0, 0.05) is 43.5 Å². The molecule has 1 aliphatic carbocycles. The van der Waals surface area contributed by atoms with Crippen molar-refractivity contribution in [1.82, 2.24) is 9.21 Å². The fraction of sp³-hybridized carbons (Fsp3) is 0.480. The van der Waals surface area contributed by atoms with Gasteiger partial charge < -0.3 is 10.1 Å². The van der Waals surface area contributed by atoms with Crippen LogP contribution in [0.2, 0.25) is 0 Å². The van der Waals surface area contributed by atoms with Crippen molar-refractivity contribution >= 4 is 21.6 Å². The maximum Gasteiger partial charge on any atom is 0.255 e. The number of anilines is 1. The molecule has 0 radical (unpaired) electrons. The fourth-order valence-corrected chi connectivity index (χ4v) is 6.25. The number of rotatable bonds is 7. The Kier molecular flexibility index (Phi) is 7.85. The number of halogens is 1. The molecule has 1 saturated heterocycles. The Bertz CT molecular complexity index is 1090. The number of hydrogen-bond donors (Lipinski definition) is 1. The second-order valence-corrected chi connectivity index (χ2v) is 10.7. The number of nitrogens with one attached hydrogen (secondary N) is 1. The van der Waals surface area contributed by atoms with E-state index in [1.165, 1.54) is 29.6 Å². The van der Waals surface area contributed by atoms with Crippen LogP contribution >= 0.6 is 0 Å². The summed E-state index contributed by atoms with van der Waals surface area (Å²) in [5.74, 6) is -0.686. The van der Waals surface area contributed by atoms with Crippen molar-refractivity contribution in [2.75, 3.05) is 38.1 Å². The molecule has 184 valence electrons. The molecule has 2 aliphatic rings. The van der Waals surface area contributed by atoms with Gasteiger partial charge in [0.05, 0.1) is 6.61 Å². The summed E-state index contributed by atoms with van der Waals surface area (Å²) in [5, 5.41) is 2.72. The molecule has 1 aliphatic heterocycles. The molecular weight excluding hydrogens is 457 g/mol. The van der Waals surface area contributed by atoms with E-state index in [4.69, 9.17) is 4.74 Å². The Labute approximate surface area is 200 Å². The summed E-state index contributed by atoms with van der Waals surface area (Å²) in [6, 6.07) is 10.8. The van der Waals surface area contributed by atoms with Crippen molar-refractivity contribution in [2.45, 2.75) is 50.0 Å².